The molecule has 0 aliphatic heterocycles. The highest BCUT2D eigenvalue weighted by Gasteiger charge is 2.56. The van der Waals surface area contributed by atoms with E-state index < -0.39 is 0 Å². The molecule has 4 aliphatic rings. The molecule has 3 nitrogen and oxygen atoms in total. The minimum absolute atomic E-state index is 0.00527. The number of terminal acetylenes is 1. The second-order valence-corrected chi connectivity index (χ2v) is 12.6. The van der Waals surface area contributed by atoms with E-state index in [1.807, 2.05) is 26.8 Å². The van der Waals surface area contributed by atoms with Crippen LogP contribution >= 0.6 is 0 Å². The van der Waals surface area contributed by atoms with E-state index in [1.54, 1.807) is 5.57 Å². The summed E-state index contributed by atoms with van der Waals surface area (Å²) < 4.78 is 0. The van der Waals surface area contributed by atoms with Crippen molar-refractivity contribution in [2.45, 2.75) is 84.7 Å². The molecule has 0 spiro atoms. The van der Waals surface area contributed by atoms with E-state index in [-0.39, 0.29) is 16.9 Å². The van der Waals surface area contributed by atoms with Gasteiger partial charge < -0.3 is 10.0 Å². The fourth-order valence-electron chi connectivity index (χ4n) is 6.94. The van der Waals surface area contributed by atoms with Gasteiger partial charge in [0.05, 0.1) is 6.10 Å². The maximum atomic E-state index is 12.1. The van der Waals surface area contributed by atoms with Gasteiger partial charge in [-0.1, -0.05) is 24.6 Å². The highest BCUT2D eigenvalue weighted by Crippen LogP contribution is 2.63. The third kappa shape index (κ3) is 5.01. The van der Waals surface area contributed by atoms with Gasteiger partial charge in [0.15, 0.2) is 5.78 Å². The predicted octanol–water partition coefficient (Wildman–Crippen LogP) is 6.68. The molecule has 2 saturated carbocycles. The first kappa shape index (κ1) is 25.8. The zero-order chi connectivity index (χ0) is 25.5. The standard InChI is InChI=1S/C26H33NO2.C6H10/c1-26-15-22(16-4-7-18(8-5-16)27(2)3)25-20-11-9-19(28)14-17(20)6-10-21(25)23(26)12-13-24(26)29;1-5-6(2,3)4/h4-5,7-8,14,21-24,29H,6,9-13,15H2,1-3H3;1H,2-4H3. The lowest BCUT2D eigenvalue weighted by Gasteiger charge is -2.52. The Morgan fingerprint density at radius 1 is 1.06 bits per heavy atom. The van der Waals surface area contributed by atoms with Gasteiger partial charge in [0, 0.05) is 37.5 Å². The molecule has 0 radical (unpaired) electrons. The maximum absolute atomic E-state index is 12.1. The summed E-state index contributed by atoms with van der Waals surface area (Å²) in [7, 11) is 4.15. The summed E-state index contributed by atoms with van der Waals surface area (Å²) in [4.78, 5) is 14.2. The molecular formula is C32H43NO2. The van der Waals surface area contributed by atoms with Gasteiger partial charge >= 0.3 is 0 Å². The minimum Gasteiger partial charge on any atom is -0.393 e. The molecule has 0 bridgehead atoms. The van der Waals surface area contributed by atoms with Crippen LogP contribution in [0.5, 0.6) is 0 Å². The second-order valence-electron chi connectivity index (χ2n) is 12.6. The van der Waals surface area contributed by atoms with E-state index in [4.69, 9.17) is 6.42 Å². The molecule has 0 saturated heterocycles. The molecule has 3 heteroatoms. The molecule has 5 atom stereocenters. The Morgan fingerprint density at radius 2 is 1.71 bits per heavy atom. The van der Waals surface area contributed by atoms with Crippen molar-refractivity contribution in [3.8, 4) is 12.3 Å². The molecule has 0 amide bonds. The monoisotopic (exact) mass is 473 g/mol. The Hall–Kier alpha value is -2.31. The Labute approximate surface area is 212 Å². The largest absolute Gasteiger partial charge is 0.393 e. The van der Waals surface area contributed by atoms with Crippen molar-refractivity contribution >= 4 is 11.5 Å². The molecule has 1 aromatic rings. The van der Waals surface area contributed by atoms with Gasteiger partial charge in [0.1, 0.15) is 0 Å². The first-order chi connectivity index (χ1) is 16.4. The number of ketones is 1. The van der Waals surface area contributed by atoms with Crippen LogP contribution in [0.25, 0.3) is 0 Å². The summed E-state index contributed by atoms with van der Waals surface area (Å²) >= 11 is 0. The summed E-state index contributed by atoms with van der Waals surface area (Å²) in [6.45, 7) is 8.36. The van der Waals surface area contributed by atoms with Crippen LogP contribution in [0.1, 0.15) is 84.1 Å². The number of carbonyl (C=O) groups excluding carboxylic acids is 1. The number of nitrogens with zero attached hydrogens (tertiary/aromatic N) is 1. The normalized spacial score (nSPS) is 31.8. The Morgan fingerprint density at radius 3 is 2.31 bits per heavy atom. The van der Waals surface area contributed by atoms with E-state index in [0.717, 1.165) is 38.5 Å². The molecule has 5 rings (SSSR count). The van der Waals surface area contributed by atoms with Crippen molar-refractivity contribution in [1.82, 2.24) is 0 Å². The Bertz CT molecular complexity index is 1060. The maximum Gasteiger partial charge on any atom is 0.156 e. The number of hydrogen-bond acceptors (Lipinski definition) is 3. The van der Waals surface area contributed by atoms with Gasteiger partial charge in [0.25, 0.3) is 0 Å². The first-order valence-electron chi connectivity index (χ1n) is 13.3. The quantitative estimate of drug-likeness (QED) is 0.487. The number of fused-ring (bicyclic) bond motifs is 4. The SMILES string of the molecule is C#CC(C)(C)C.CN(C)c1ccc(C2CC3(C)C(O)CCC3C3CCC4=CC(=O)CCC4=C23)cc1. The van der Waals surface area contributed by atoms with Crippen molar-refractivity contribution in [2.24, 2.45) is 22.7 Å². The number of carbonyl (C=O) groups is 1. The Kier molecular flexibility index (Phi) is 7.09. The van der Waals surface area contributed by atoms with Gasteiger partial charge in [-0.15, -0.1) is 12.3 Å². The fraction of sp³-hybridized carbons (Fsp3) is 0.594. The molecule has 4 aliphatic carbocycles. The number of hydrogen-bond donors (Lipinski definition) is 1. The fourth-order valence-corrected chi connectivity index (χ4v) is 6.94. The highest BCUT2D eigenvalue weighted by atomic mass is 16.3. The average molecular weight is 474 g/mol. The topological polar surface area (TPSA) is 40.5 Å². The predicted molar refractivity (Wildman–Crippen MR) is 145 cm³/mol. The lowest BCUT2D eigenvalue weighted by Crippen LogP contribution is -2.45. The van der Waals surface area contributed by atoms with E-state index in [0.29, 0.717) is 30.0 Å². The molecular weight excluding hydrogens is 430 g/mol. The van der Waals surface area contributed by atoms with Crippen LogP contribution in [0.15, 0.2) is 47.1 Å². The first-order valence-corrected chi connectivity index (χ1v) is 13.3. The van der Waals surface area contributed by atoms with E-state index >= 15 is 0 Å². The number of aliphatic hydroxyl groups is 1. The number of rotatable bonds is 2. The third-order valence-electron chi connectivity index (χ3n) is 8.93. The lowest BCUT2D eigenvalue weighted by atomic mass is 9.53. The molecule has 35 heavy (non-hydrogen) atoms. The van der Waals surface area contributed by atoms with Crippen molar-refractivity contribution in [1.29, 1.82) is 0 Å². The van der Waals surface area contributed by atoms with Crippen molar-refractivity contribution in [2.75, 3.05) is 19.0 Å². The summed E-state index contributed by atoms with van der Waals surface area (Å²) in [5.41, 5.74) is 7.08. The molecule has 1 N–H and O–H groups in total. The molecule has 0 aromatic heterocycles. The van der Waals surface area contributed by atoms with Crippen molar-refractivity contribution in [3.63, 3.8) is 0 Å². The average Bonchev–Trinajstić information content (AvgIpc) is 3.12. The number of aliphatic hydroxyl groups excluding tert-OH is 1. The second kappa shape index (κ2) is 9.62. The van der Waals surface area contributed by atoms with Gasteiger partial charge in [0.2, 0.25) is 0 Å². The molecule has 5 unspecified atom stereocenters. The number of allylic oxidation sites excluding steroid dienone is 4. The van der Waals surface area contributed by atoms with Gasteiger partial charge in [-0.25, -0.2) is 0 Å². The molecule has 0 heterocycles. The summed E-state index contributed by atoms with van der Waals surface area (Å²) in [5, 5.41) is 10.9. The van der Waals surface area contributed by atoms with E-state index in [1.165, 1.54) is 22.4 Å². The van der Waals surface area contributed by atoms with E-state index in [2.05, 4.69) is 56.1 Å². The minimum atomic E-state index is -0.188. The van der Waals surface area contributed by atoms with E-state index in [9.17, 15) is 9.90 Å². The van der Waals surface area contributed by atoms with Crippen LogP contribution in [0.2, 0.25) is 0 Å². The number of anilines is 1. The third-order valence-corrected chi connectivity index (χ3v) is 8.93. The van der Waals surface area contributed by atoms with Crippen molar-refractivity contribution < 1.29 is 9.90 Å². The van der Waals surface area contributed by atoms with Crippen LogP contribution in [0.3, 0.4) is 0 Å². The summed E-state index contributed by atoms with van der Waals surface area (Å²) in [6.07, 6.45) is 13.6. The molecule has 188 valence electrons. The molecule has 2 fully saturated rings. The van der Waals surface area contributed by atoms with Crippen LogP contribution in [0, 0.1) is 35.0 Å². The zero-order valence-corrected chi connectivity index (χ0v) is 22.5. The van der Waals surface area contributed by atoms with Crippen molar-refractivity contribution in [3.05, 3.63) is 52.6 Å². The lowest BCUT2D eigenvalue weighted by molar-refractivity contribution is -0.114. The van der Waals surface area contributed by atoms with Crippen LogP contribution in [-0.4, -0.2) is 31.1 Å². The van der Waals surface area contributed by atoms with Crippen LogP contribution in [-0.2, 0) is 4.79 Å². The Balaban J connectivity index is 0.000000431. The molecule has 1 aromatic carbocycles. The van der Waals surface area contributed by atoms with Gasteiger partial charge in [-0.3, -0.25) is 4.79 Å². The highest BCUT2D eigenvalue weighted by molar-refractivity contribution is 5.93. The number of benzene rings is 1. The smallest absolute Gasteiger partial charge is 0.156 e. The van der Waals surface area contributed by atoms with Crippen LogP contribution < -0.4 is 4.90 Å². The van der Waals surface area contributed by atoms with Gasteiger partial charge in [-0.05, 0) is 111 Å². The zero-order valence-electron chi connectivity index (χ0n) is 22.5. The summed E-state index contributed by atoms with van der Waals surface area (Å²) in [6, 6.07) is 9.03. The van der Waals surface area contributed by atoms with Crippen LogP contribution in [0.4, 0.5) is 5.69 Å². The van der Waals surface area contributed by atoms with Gasteiger partial charge in [-0.2, -0.15) is 0 Å². The summed E-state index contributed by atoms with van der Waals surface area (Å²) in [5.74, 6) is 4.40.